The highest BCUT2D eigenvalue weighted by atomic mass is 28.3. The minimum absolute atomic E-state index is 0.0241. The van der Waals surface area contributed by atoms with E-state index in [1.165, 1.54) is 162 Å². The fourth-order valence-electron chi connectivity index (χ4n) is 13.7. The molecular formula is C72H114Si2. The van der Waals surface area contributed by atoms with Gasteiger partial charge in [0.25, 0.3) is 0 Å². The van der Waals surface area contributed by atoms with Gasteiger partial charge in [0.2, 0.25) is 0 Å². The summed E-state index contributed by atoms with van der Waals surface area (Å²) in [5, 5.41) is 3.25. The summed E-state index contributed by atoms with van der Waals surface area (Å²) in [5.74, 6) is 6.05. The van der Waals surface area contributed by atoms with Crippen molar-refractivity contribution in [3.63, 3.8) is 0 Å². The van der Waals surface area contributed by atoms with E-state index in [-0.39, 0.29) is 10.8 Å². The summed E-state index contributed by atoms with van der Waals surface area (Å²) >= 11 is 0. The van der Waals surface area contributed by atoms with E-state index >= 15 is 0 Å². The number of hydrogen-bond acceptors (Lipinski definition) is 0. The van der Waals surface area contributed by atoms with Gasteiger partial charge in [-0.25, -0.2) is 0 Å². The van der Waals surface area contributed by atoms with Crippen LogP contribution in [0.5, 0.6) is 0 Å². The lowest BCUT2D eigenvalue weighted by atomic mass is 9.68. The Balaban J connectivity index is 1.50. The first-order valence-corrected chi connectivity index (χ1v) is 38.4. The Morgan fingerprint density at radius 3 is 0.784 bits per heavy atom. The normalized spacial score (nSPS) is 16.5. The minimum Gasteiger partial charge on any atom is -0.0656 e. The standard InChI is InChI=1S/C72H114Si2/c1-51(2)23-19-27-55(9)39-43-71(44-40-56(10)28-20-24-52(3)4)67-47-59(31-35-63(67)65-37-33-61(49-69(65)71)73(13,14)15)60-32-36-64-66-38-34-62(74(16,17)18)50-70(66)72(68(64)48-60,45-41-57(11)29-21-25-53(5)6)46-42-58(12)30-22-26-54(7)8/h31-38,47-58H,19-30,39-46H2,1-18H3/t55-,56-,57-,58-/m0/s1. The van der Waals surface area contributed by atoms with Crippen LogP contribution >= 0.6 is 0 Å². The van der Waals surface area contributed by atoms with Crippen molar-refractivity contribution in [2.24, 2.45) is 47.3 Å². The highest BCUT2D eigenvalue weighted by Crippen LogP contribution is 2.58. The number of rotatable bonds is 31. The molecule has 2 heteroatoms. The Labute approximate surface area is 461 Å². The van der Waals surface area contributed by atoms with E-state index in [1.54, 1.807) is 32.6 Å². The quantitative estimate of drug-likeness (QED) is 0.0441. The molecule has 0 unspecified atom stereocenters. The second-order valence-electron chi connectivity index (χ2n) is 29.6. The van der Waals surface area contributed by atoms with Crippen molar-refractivity contribution in [2.75, 3.05) is 0 Å². The SMILES string of the molecule is CC(C)CCC[C@H](C)CCC1(CC[C@@H](C)CCCC(C)C)c2cc(-c3ccc4c(c3)C(CC[C@@H](C)CCCC(C)C)(CC[C@@H](C)CCCC(C)C)c3cc([Si](C)(C)C)ccc3-4)ccc2-c2ccc([Si](C)(C)C)cc21. The third kappa shape index (κ3) is 15.3. The first-order valence-electron chi connectivity index (χ1n) is 31.4. The first-order chi connectivity index (χ1) is 34.8. The summed E-state index contributed by atoms with van der Waals surface area (Å²) in [7, 11) is -3.13. The monoisotopic (exact) mass is 1030 g/mol. The molecule has 0 nitrogen and oxygen atoms in total. The van der Waals surface area contributed by atoms with E-state index in [0.29, 0.717) is 0 Å². The van der Waals surface area contributed by atoms with Crippen molar-refractivity contribution >= 4 is 26.5 Å². The molecule has 2 aliphatic rings. The fraction of sp³-hybridized carbons (Fsp3) is 0.667. The lowest BCUT2D eigenvalue weighted by Gasteiger charge is -2.36. The van der Waals surface area contributed by atoms with Crippen LogP contribution in [0.4, 0.5) is 0 Å². The molecule has 0 aromatic heterocycles. The van der Waals surface area contributed by atoms with E-state index in [4.69, 9.17) is 0 Å². The van der Waals surface area contributed by atoms with Gasteiger partial charge in [-0.1, -0.05) is 270 Å². The molecule has 0 saturated carbocycles. The van der Waals surface area contributed by atoms with Gasteiger partial charge < -0.3 is 0 Å². The molecule has 0 amide bonds. The number of hydrogen-bond donors (Lipinski definition) is 0. The Bertz CT molecular complexity index is 2160. The molecule has 0 aliphatic heterocycles. The summed E-state index contributed by atoms with van der Waals surface area (Å²) in [6.45, 7) is 44.9. The largest absolute Gasteiger partial charge is 0.0776 e. The summed E-state index contributed by atoms with van der Waals surface area (Å²) < 4.78 is 0. The van der Waals surface area contributed by atoms with Crippen LogP contribution in [-0.4, -0.2) is 16.1 Å². The molecule has 4 aromatic carbocycles. The van der Waals surface area contributed by atoms with E-state index in [9.17, 15) is 0 Å². The molecule has 0 N–H and O–H groups in total. The molecule has 4 aromatic rings. The van der Waals surface area contributed by atoms with Gasteiger partial charge in [0.15, 0.2) is 0 Å². The highest BCUT2D eigenvalue weighted by Gasteiger charge is 2.46. The second-order valence-corrected chi connectivity index (χ2v) is 39.7. The molecule has 410 valence electrons. The van der Waals surface area contributed by atoms with Crippen LogP contribution in [0.25, 0.3) is 33.4 Å². The van der Waals surface area contributed by atoms with Crippen LogP contribution in [0, 0.1) is 47.3 Å². The van der Waals surface area contributed by atoms with Gasteiger partial charge in [0.05, 0.1) is 16.1 Å². The van der Waals surface area contributed by atoms with Crippen LogP contribution in [0.15, 0.2) is 72.8 Å². The summed E-state index contributed by atoms with van der Waals surface area (Å²) in [4.78, 5) is 0. The van der Waals surface area contributed by atoms with Crippen molar-refractivity contribution in [3.05, 3.63) is 95.1 Å². The zero-order chi connectivity index (χ0) is 54.2. The van der Waals surface area contributed by atoms with Gasteiger partial charge in [-0.2, -0.15) is 0 Å². The first kappa shape index (κ1) is 60.5. The Hall–Kier alpha value is -2.69. The highest BCUT2D eigenvalue weighted by molar-refractivity contribution is 6.89. The van der Waals surface area contributed by atoms with Crippen molar-refractivity contribution in [3.8, 4) is 33.4 Å². The average molecular weight is 1040 g/mol. The van der Waals surface area contributed by atoms with Gasteiger partial charge in [0.1, 0.15) is 0 Å². The van der Waals surface area contributed by atoms with Crippen LogP contribution in [0.1, 0.15) is 234 Å². The lowest BCUT2D eigenvalue weighted by Crippen LogP contribution is -2.39. The summed E-state index contributed by atoms with van der Waals surface area (Å²) in [6, 6.07) is 31.5. The molecule has 6 rings (SSSR count). The zero-order valence-electron chi connectivity index (χ0n) is 51.7. The molecule has 0 saturated heterocycles. The Morgan fingerprint density at radius 1 is 0.297 bits per heavy atom. The van der Waals surface area contributed by atoms with Crippen molar-refractivity contribution in [1.29, 1.82) is 0 Å². The van der Waals surface area contributed by atoms with Crippen molar-refractivity contribution in [2.45, 2.75) is 262 Å². The summed E-state index contributed by atoms with van der Waals surface area (Å²) in [5.41, 5.74) is 15.6. The number of fused-ring (bicyclic) bond motifs is 6. The molecule has 2 aliphatic carbocycles. The van der Waals surface area contributed by atoms with E-state index in [2.05, 4.69) is 195 Å². The van der Waals surface area contributed by atoms with Gasteiger partial charge in [0, 0.05) is 10.8 Å². The lowest BCUT2D eigenvalue weighted by molar-refractivity contribution is 0.327. The molecule has 4 atom stereocenters. The zero-order valence-corrected chi connectivity index (χ0v) is 53.7. The predicted molar refractivity (Wildman–Crippen MR) is 339 cm³/mol. The molecule has 74 heavy (non-hydrogen) atoms. The van der Waals surface area contributed by atoms with Crippen LogP contribution < -0.4 is 10.4 Å². The van der Waals surface area contributed by atoms with Crippen LogP contribution in [0.3, 0.4) is 0 Å². The van der Waals surface area contributed by atoms with Gasteiger partial charge in [-0.05, 0) is 166 Å². The second kappa shape index (κ2) is 26.3. The minimum atomic E-state index is -1.57. The Kier molecular flexibility index (Phi) is 21.5. The molecule has 0 heterocycles. The van der Waals surface area contributed by atoms with E-state index < -0.39 is 16.1 Å². The Morgan fingerprint density at radius 2 is 0.541 bits per heavy atom. The molecular weight excluding hydrogens is 921 g/mol. The number of benzene rings is 4. The molecule has 0 fully saturated rings. The predicted octanol–water partition coefficient (Wildman–Crippen LogP) is 21.9. The van der Waals surface area contributed by atoms with E-state index in [0.717, 1.165) is 47.3 Å². The van der Waals surface area contributed by atoms with Crippen LogP contribution in [-0.2, 0) is 10.8 Å². The van der Waals surface area contributed by atoms with Crippen molar-refractivity contribution < 1.29 is 0 Å². The van der Waals surface area contributed by atoms with Gasteiger partial charge in [-0.3, -0.25) is 0 Å². The maximum Gasteiger partial charge on any atom is 0.0776 e. The maximum atomic E-state index is 2.76. The fourth-order valence-corrected chi connectivity index (χ4v) is 16.0. The molecule has 0 spiro atoms. The van der Waals surface area contributed by atoms with Crippen molar-refractivity contribution in [1.82, 2.24) is 0 Å². The van der Waals surface area contributed by atoms with E-state index in [1.807, 2.05) is 0 Å². The smallest absolute Gasteiger partial charge is 0.0656 e. The third-order valence-corrected chi connectivity index (χ3v) is 23.0. The summed E-state index contributed by atoms with van der Waals surface area (Å²) in [6.07, 6.45) is 26.4. The molecule has 0 bridgehead atoms. The van der Waals surface area contributed by atoms with Crippen LogP contribution in [0.2, 0.25) is 39.3 Å². The van der Waals surface area contributed by atoms with Gasteiger partial charge in [-0.15, -0.1) is 0 Å². The van der Waals surface area contributed by atoms with Gasteiger partial charge >= 0.3 is 0 Å². The maximum absolute atomic E-state index is 2.76. The molecule has 0 radical (unpaired) electrons. The topological polar surface area (TPSA) is 0 Å². The average Bonchev–Trinajstić information content (AvgIpc) is 3.75. The third-order valence-electron chi connectivity index (χ3n) is 19.0.